The Morgan fingerprint density at radius 1 is 1.20 bits per heavy atom. The lowest BCUT2D eigenvalue weighted by Gasteiger charge is -2.03. The van der Waals surface area contributed by atoms with Gasteiger partial charge in [-0.3, -0.25) is 9.59 Å². The van der Waals surface area contributed by atoms with Crippen molar-refractivity contribution in [1.29, 1.82) is 0 Å². The summed E-state index contributed by atoms with van der Waals surface area (Å²) in [4.78, 5) is 22.4. The molecule has 0 radical (unpaired) electrons. The predicted molar refractivity (Wildman–Crippen MR) is 58.2 cm³/mol. The van der Waals surface area contributed by atoms with E-state index in [1.807, 2.05) is 37.3 Å². The summed E-state index contributed by atoms with van der Waals surface area (Å²) >= 11 is 0. The van der Waals surface area contributed by atoms with Crippen LogP contribution in [0.15, 0.2) is 30.3 Å². The number of benzene rings is 1. The van der Waals surface area contributed by atoms with E-state index >= 15 is 0 Å². The highest BCUT2D eigenvalue weighted by Crippen LogP contribution is 1.97. The molecule has 0 aliphatic carbocycles. The number of hydrogen-bond acceptors (Lipinski definition) is 2. The molecule has 15 heavy (non-hydrogen) atoms. The first-order chi connectivity index (χ1) is 7.24. The monoisotopic (exact) mass is 205 g/mol. The van der Waals surface area contributed by atoms with Crippen LogP contribution in [0.1, 0.15) is 25.3 Å². The summed E-state index contributed by atoms with van der Waals surface area (Å²) in [7, 11) is 0. The van der Waals surface area contributed by atoms with Crippen LogP contribution in [0.25, 0.3) is 0 Å². The van der Waals surface area contributed by atoms with Gasteiger partial charge in [-0.1, -0.05) is 37.3 Å². The average molecular weight is 205 g/mol. The van der Waals surface area contributed by atoms with E-state index in [1.54, 1.807) is 0 Å². The molecule has 0 aromatic heterocycles. The Morgan fingerprint density at radius 2 is 1.87 bits per heavy atom. The quantitative estimate of drug-likeness (QED) is 0.743. The molecule has 0 spiro atoms. The molecule has 0 heterocycles. The van der Waals surface area contributed by atoms with Crippen LogP contribution in [0.3, 0.4) is 0 Å². The number of amides is 1. The molecule has 0 saturated heterocycles. The van der Waals surface area contributed by atoms with E-state index in [-0.39, 0.29) is 5.78 Å². The molecule has 1 amide bonds. The molecule has 0 unspecified atom stereocenters. The van der Waals surface area contributed by atoms with Gasteiger partial charge in [-0.05, 0) is 12.0 Å². The summed E-state index contributed by atoms with van der Waals surface area (Å²) in [5, 5.41) is 2.60. The summed E-state index contributed by atoms with van der Waals surface area (Å²) in [6, 6.07) is 9.52. The zero-order valence-electron chi connectivity index (χ0n) is 8.82. The molecule has 0 saturated carbocycles. The van der Waals surface area contributed by atoms with Crippen molar-refractivity contribution in [3.05, 3.63) is 35.9 Å². The number of Topliss-reactive ketones (excluding diaryl/α,β-unsaturated/α-hetero) is 1. The molecule has 0 atom stereocenters. The van der Waals surface area contributed by atoms with Crippen LogP contribution in [0.2, 0.25) is 0 Å². The van der Waals surface area contributed by atoms with E-state index < -0.39 is 5.91 Å². The van der Waals surface area contributed by atoms with Crippen LogP contribution < -0.4 is 5.32 Å². The SMILES string of the molecule is CCCC(=O)C(=O)NCc1ccccc1. The van der Waals surface area contributed by atoms with Gasteiger partial charge in [0.05, 0.1) is 0 Å². The van der Waals surface area contributed by atoms with Crippen molar-refractivity contribution in [2.75, 3.05) is 0 Å². The second kappa shape index (κ2) is 5.96. The molecule has 0 aliphatic rings. The number of rotatable bonds is 5. The maximum atomic E-state index is 11.2. The number of carbonyl (C=O) groups excluding carboxylic acids is 2. The summed E-state index contributed by atoms with van der Waals surface area (Å²) in [5.41, 5.74) is 0.996. The molecule has 1 rings (SSSR count). The number of hydrogen-bond donors (Lipinski definition) is 1. The summed E-state index contributed by atoms with van der Waals surface area (Å²) in [6.45, 7) is 2.29. The highest BCUT2D eigenvalue weighted by molar-refractivity contribution is 6.36. The first-order valence-electron chi connectivity index (χ1n) is 5.09. The minimum absolute atomic E-state index is 0.320. The molecule has 1 aromatic rings. The van der Waals surface area contributed by atoms with Crippen LogP contribution >= 0.6 is 0 Å². The van der Waals surface area contributed by atoms with Crippen molar-refractivity contribution < 1.29 is 9.59 Å². The Kier molecular flexibility index (Phi) is 4.54. The number of carbonyl (C=O) groups is 2. The van der Waals surface area contributed by atoms with Gasteiger partial charge >= 0.3 is 0 Å². The van der Waals surface area contributed by atoms with Gasteiger partial charge in [0.1, 0.15) is 0 Å². The molecular weight excluding hydrogens is 190 g/mol. The van der Waals surface area contributed by atoms with Crippen LogP contribution in [-0.2, 0) is 16.1 Å². The normalized spacial score (nSPS) is 9.67. The van der Waals surface area contributed by atoms with Crippen LogP contribution in [0, 0.1) is 0 Å². The number of nitrogens with one attached hydrogen (secondary N) is 1. The lowest BCUT2D eigenvalue weighted by Crippen LogP contribution is -2.30. The standard InChI is InChI=1S/C12H15NO2/c1-2-6-11(14)12(15)13-9-10-7-4-3-5-8-10/h3-5,7-8H,2,6,9H2,1H3,(H,13,15). The van der Waals surface area contributed by atoms with Gasteiger partial charge < -0.3 is 5.32 Å². The van der Waals surface area contributed by atoms with Crippen molar-refractivity contribution in [2.45, 2.75) is 26.3 Å². The van der Waals surface area contributed by atoms with Gasteiger partial charge in [-0.15, -0.1) is 0 Å². The molecule has 0 bridgehead atoms. The third-order valence-electron chi connectivity index (χ3n) is 2.03. The minimum atomic E-state index is -0.485. The van der Waals surface area contributed by atoms with Crippen LogP contribution in [0.4, 0.5) is 0 Å². The van der Waals surface area contributed by atoms with Gasteiger partial charge in [-0.2, -0.15) is 0 Å². The number of ketones is 1. The third kappa shape index (κ3) is 3.94. The zero-order valence-corrected chi connectivity index (χ0v) is 8.82. The topological polar surface area (TPSA) is 46.2 Å². The van der Waals surface area contributed by atoms with Crippen molar-refractivity contribution in [2.24, 2.45) is 0 Å². The van der Waals surface area contributed by atoms with Gasteiger partial charge in [0.25, 0.3) is 5.91 Å². The van der Waals surface area contributed by atoms with E-state index in [0.717, 1.165) is 5.56 Å². The second-order valence-corrected chi connectivity index (χ2v) is 3.34. The zero-order chi connectivity index (χ0) is 11.1. The van der Waals surface area contributed by atoms with Crippen LogP contribution in [-0.4, -0.2) is 11.7 Å². The average Bonchev–Trinajstić information content (AvgIpc) is 2.27. The third-order valence-corrected chi connectivity index (χ3v) is 2.03. The van der Waals surface area contributed by atoms with Crippen molar-refractivity contribution in [3.8, 4) is 0 Å². The van der Waals surface area contributed by atoms with Gasteiger partial charge in [-0.25, -0.2) is 0 Å². The molecule has 3 heteroatoms. The molecule has 80 valence electrons. The fourth-order valence-corrected chi connectivity index (χ4v) is 1.22. The highest BCUT2D eigenvalue weighted by Gasteiger charge is 2.10. The Balaban J connectivity index is 2.38. The summed E-state index contributed by atoms with van der Waals surface area (Å²) in [5.74, 6) is -0.825. The second-order valence-electron chi connectivity index (χ2n) is 3.34. The first-order valence-corrected chi connectivity index (χ1v) is 5.09. The molecule has 0 aliphatic heterocycles. The maximum absolute atomic E-state index is 11.2. The van der Waals surface area contributed by atoms with E-state index in [9.17, 15) is 9.59 Å². The molecule has 1 aromatic carbocycles. The molecule has 0 fully saturated rings. The lowest BCUT2D eigenvalue weighted by molar-refractivity contribution is -0.138. The highest BCUT2D eigenvalue weighted by atomic mass is 16.2. The summed E-state index contributed by atoms with van der Waals surface area (Å²) in [6.07, 6.45) is 1.03. The fraction of sp³-hybridized carbons (Fsp3) is 0.333. The Labute approximate surface area is 89.5 Å². The van der Waals surface area contributed by atoms with E-state index in [4.69, 9.17) is 0 Å². The Hall–Kier alpha value is -1.64. The maximum Gasteiger partial charge on any atom is 0.287 e. The largest absolute Gasteiger partial charge is 0.345 e. The van der Waals surface area contributed by atoms with Gasteiger partial charge in [0.2, 0.25) is 5.78 Å². The fourth-order valence-electron chi connectivity index (χ4n) is 1.22. The smallest absolute Gasteiger partial charge is 0.287 e. The van der Waals surface area contributed by atoms with Gasteiger partial charge in [0.15, 0.2) is 0 Å². The predicted octanol–water partition coefficient (Wildman–Crippen LogP) is 1.67. The van der Waals surface area contributed by atoms with Crippen molar-refractivity contribution in [1.82, 2.24) is 5.32 Å². The van der Waals surface area contributed by atoms with Gasteiger partial charge in [0, 0.05) is 13.0 Å². The van der Waals surface area contributed by atoms with Crippen molar-refractivity contribution >= 4 is 11.7 Å². The molecule has 1 N–H and O–H groups in total. The Morgan fingerprint density at radius 3 is 2.47 bits per heavy atom. The van der Waals surface area contributed by atoms with Crippen LogP contribution in [0.5, 0.6) is 0 Å². The first kappa shape index (κ1) is 11.4. The lowest BCUT2D eigenvalue weighted by atomic mass is 10.2. The summed E-state index contributed by atoms with van der Waals surface area (Å²) < 4.78 is 0. The Bertz CT molecular complexity index is 333. The molecular formula is C12H15NO2. The van der Waals surface area contributed by atoms with E-state index in [2.05, 4.69) is 5.32 Å². The van der Waals surface area contributed by atoms with Crippen molar-refractivity contribution in [3.63, 3.8) is 0 Å². The molecule has 3 nitrogen and oxygen atoms in total. The van der Waals surface area contributed by atoms with E-state index in [0.29, 0.717) is 19.4 Å². The minimum Gasteiger partial charge on any atom is -0.345 e. The van der Waals surface area contributed by atoms with E-state index in [1.165, 1.54) is 0 Å².